The van der Waals surface area contributed by atoms with Gasteiger partial charge in [0, 0.05) is 19.2 Å². The lowest BCUT2D eigenvalue weighted by Crippen LogP contribution is -2.33. The van der Waals surface area contributed by atoms with E-state index in [9.17, 15) is 4.79 Å². The fourth-order valence-corrected chi connectivity index (χ4v) is 3.24. The molecule has 2 aromatic rings. The van der Waals surface area contributed by atoms with Crippen molar-refractivity contribution in [2.45, 2.75) is 45.1 Å². The molecule has 1 aromatic heterocycles. The molecule has 3 rings (SSSR count). The number of rotatable bonds is 4. The minimum Gasteiger partial charge on any atom is -0.424 e. The molecular weight excluding hydrogens is 288 g/mol. The molecule has 23 heavy (non-hydrogen) atoms. The Morgan fingerprint density at radius 2 is 1.83 bits per heavy atom. The summed E-state index contributed by atoms with van der Waals surface area (Å²) < 4.78 is 5.43. The third-order valence-electron chi connectivity index (χ3n) is 4.21. The number of pyridine rings is 1. The molecule has 4 nitrogen and oxygen atoms in total. The average Bonchev–Trinajstić information content (AvgIpc) is 2.58. The van der Waals surface area contributed by atoms with Gasteiger partial charge in [0.15, 0.2) is 5.75 Å². The quantitative estimate of drug-likeness (QED) is 0.617. The van der Waals surface area contributed by atoms with Crippen LogP contribution in [-0.4, -0.2) is 17.0 Å². The van der Waals surface area contributed by atoms with Gasteiger partial charge >= 0.3 is 5.97 Å². The van der Waals surface area contributed by atoms with Crippen LogP contribution in [0.2, 0.25) is 0 Å². The smallest absolute Gasteiger partial charge is 0.308 e. The topological polar surface area (TPSA) is 42.4 Å². The number of aromatic nitrogens is 1. The average molecular weight is 310 g/mol. The number of anilines is 2. The molecule has 1 heterocycles. The highest BCUT2D eigenvalue weighted by atomic mass is 16.5. The van der Waals surface area contributed by atoms with Crippen molar-refractivity contribution in [1.29, 1.82) is 0 Å². The van der Waals surface area contributed by atoms with Crippen LogP contribution in [0.3, 0.4) is 0 Å². The summed E-state index contributed by atoms with van der Waals surface area (Å²) in [5, 5.41) is 0. The Hall–Kier alpha value is -2.36. The summed E-state index contributed by atoms with van der Waals surface area (Å²) in [5.41, 5.74) is 0.910. The first-order chi connectivity index (χ1) is 11.3. The van der Waals surface area contributed by atoms with Crippen molar-refractivity contribution in [3.63, 3.8) is 0 Å². The Bertz CT molecular complexity index is 651. The van der Waals surface area contributed by atoms with Gasteiger partial charge in [0.25, 0.3) is 0 Å². The molecule has 0 unspecified atom stereocenters. The lowest BCUT2D eigenvalue weighted by Gasteiger charge is -2.36. The monoisotopic (exact) mass is 310 g/mol. The van der Waals surface area contributed by atoms with Crippen LogP contribution in [0, 0.1) is 0 Å². The van der Waals surface area contributed by atoms with Crippen molar-refractivity contribution in [2.24, 2.45) is 0 Å². The van der Waals surface area contributed by atoms with Crippen LogP contribution in [0.1, 0.15) is 39.0 Å². The Labute approximate surface area is 137 Å². The second-order valence-corrected chi connectivity index (χ2v) is 5.91. The maximum absolute atomic E-state index is 11.4. The Morgan fingerprint density at radius 3 is 2.52 bits per heavy atom. The number of hydrogen-bond donors (Lipinski definition) is 0. The summed E-state index contributed by atoms with van der Waals surface area (Å²) in [7, 11) is 0. The summed E-state index contributed by atoms with van der Waals surface area (Å²) in [5.74, 6) is 1.19. The molecule has 120 valence electrons. The fraction of sp³-hybridized carbons (Fsp3) is 0.368. The summed E-state index contributed by atoms with van der Waals surface area (Å²) in [6, 6.07) is 14.0. The molecule has 0 atom stereocenters. The molecule has 0 spiro atoms. The van der Waals surface area contributed by atoms with E-state index in [-0.39, 0.29) is 5.97 Å². The first kappa shape index (κ1) is 15.5. The van der Waals surface area contributed by atoms with Gasteiger partial charge in [-0.15, -0.1) is 0 Å². The highest BCUT2D eigenvalue weighted by Crippen LogP contribution is 2.38. The van der Waals surface area contributed by atoms with Gasteiger partial charge in [0.05, 0.1) is 5.69 Å². The first-order valence-electron chi connectivity index (χ1n) is 8.23. The predicted molar refractivity (Wildman–Crippen MR) is 91.0 cm³/mol. The van der Waals surface area contributed by atoms with Crippen LogP contribution in [0.5, 0.6) is 5.75 Å². The molecule has 1 aliphatic carbocycles. The first-order valence-corrected chi connectivity index (χ1v) is 8.23. The molecule has 0 radical (unpaired) electrons. The second kappa shape index (κ2) is 7.27. The third-order valence-corrected chi connectivity index (χ3v) is 4.21. The zero-order valence-corrected chi connectivity index (χ0v) is 13.4. The molecule has 0 bridgehead atoms. The van der Waals surface area contributed by atoms with Crippen LogP contribution in [0.4, 0.5) is 11.5 Å². The van der Waals surface area contributed by atoms with Gasteiger partial charge in [-0.3, -0.25) is 4.79 Å². The van der Waals surface area contributed by atoms with Gasteiger partial charge in [-0.2, -0.15) is 0 Å². The molecular formula is C19H22N2O2. The number of carbonyl (C=O) groups excluding carboxylic acids is 1. The molecule has 0 N–H and O–H groups in total. The molecule has 0 amide bonds. The van der Waals surface area contributed by atoms with Crippen LogP contribution >= 0.6 is 0 Å². The van der Waals surface area contributed by atoms with Crippen molar-refractivity contribution in [3.8, 4) is 5.75 Å². The summed E-state index contributed by atoms with van der Waals surface area (Å²) in [6.07, 6.45) is 7.81. The second-order valence-electron chi connectivity index (χ2n) is 5.91. The van der Waals surface area contributed by atoms with Crippen molar-refractivity contribution in [1.82, 2.24) is 4.98 Å². The van der Waals surface area contributed by atoms with E-state index in [0.717, 1.165) is 24.3 Å². The van der Waals surface area contributed by atoms with Crippen molar-refractivity contribution < 1.29 is 9.53 Å². The maximum atomic E-state index is 11.4. The van der Waals surface area contributed by atoms with Crippen LogP contribution < -0.4 is 9.64 Å². The number of hydrogen-bond acceptors (Lipinski definition) is 4. The van der Waals surface area contributed by atoms with Crippen LogP contribution in [0.15, 0.2) is 48.7 Å². The number of para-hydroxylation sites is 2. The largest absolute Gasteiger partial charge is 0.424 e. The molecule has 4 heteroatoms. The van der Waals surface area contributed by atoms with E-state index in [0.29, 0.717) is 11.8 Å². The normalized spacial score (nSPS) is 15.2. The van der Waals surface area contributed by atoms with E-state index in [1.54, 1.807) is 6.20 Å². The standard InChI is InChI=1S/C19H22N2O2/c1-15(22)23-18-12-6-5-11-17(18)21(16-9-3-2-4-10-16)19-13-7-8-14-20-19/h5-8,11-14,16H,2-4,9-10H2,1H3. The van der Waals surface area contributed by atoms with Gasteiger partial charge in [-0.05, 0) is 37.1 Å². The van der Waals surface area contributed by atoms with E-state index in [4.69, 9.17) is 4.74 Å². The van der Waals surface area contributed by atoms with Gasteiger partial charge < -0.3 is 9.64 Å². The third kappa shape index (κ3) is 3.70. The SMILES string of the molecule is CC(=O)Oc1ccccc1N(c1ccccn1)C1CCCCC1. The maximum Gasteiger partial charge on any atom is 0.308 e. The lowest BCUT2D eigenvalue weighted by atomic mass is 9.93. The van der Waals surface area contributed by atoms with Gasteiger partial charge in [-0.1, -0.05) is 37.5 Å². The predicted octanol–water partition coefficient (Wildman–Crippen LogP) is 4.48. The van der Waals surface area contributed by atoms with E-state index < -0.39 is 0 Å². The summed E-state index contributed by atoms with van der Waals surface area (Å²) >= 11 is 0. The van der Waals surface area contributed by atoms with Gasteiger partial charge in [0.2, 0.25) is 0 Å². The van der Waals surface area contributed by atoms with Crippen molar-refractivity contribution >= 4 is 17.5 Å². The molecule has 1 aliphatic rings. The summed E-state index contributed by atoms with van der Waals surface area (Å²) in [6.45, 7) is 1.43. The van der Waals surface area contributed by atoms with E-state index >= 15 is 0 Å². The lowest BCUT2D eigenvalue weighted by molar-refractivity contribution is -0.131. The Morgan fingerprint density at radius 1 is 1.09 bits per heavy atom. The number of esters is 1. The van der Waals surface area contributed by atoms with E-state index in [1.807, 2.05) is 42.5 Å². The molecule has 1 saturated carbocycles. The number of nitrogens with zero attached hydrogens (tertiary/aromatic N) is 2. The van der Waals surface area contributed by atoms with E-state index in [1.165, 1.54) is 26.2 Å². The number of benzene rings is 1. The molecule has 1 aromatic carbocycles. The van der Waals surface area contributed by atoms with Crippen LogP contribution in [-0.2, 0) is 4.79 Å². The van der Waals surface area contributed by atoms with Gasteiger partial charge in [-0.25, -0.2) is 4.98 Å². The minimum absolute atomic E-state index is 0.304. The minimum atomic E-state index is -0.304. The zero-order chi connectivity index (χ0) is 16.1. The van der Waals surface area contributed by atoms with Crippen molar-refractivity contribution in [2.75, 3.05) is 4.90 Å². The molecule has 0 saturated heterocycles. The van der Waals surface area contributed by atoms with Gasteiger partial charge in [0.1, 0.15) is 5.82 Å². The fourth-order valence-electron chi connectivity index (χ4n) is 3.24. The van der Waals surface area contributed by atoms with E-state index in [2.05, 4.69) is 9.88 Å². The zero-order valence-electron chi connectivity index (χ0n) is 13.4. The Balaban J connectivity index is 2.03. The number of ether oxygens (including phenoxy) is 1. The highest BCUT2D eigenvalue weighted by Gasteiger charge is 2.26. The van der Waals surface area contributed by atoms with Crippen LogP contribution in [0.25, 0.3) is 0 Å². The summed E-state index contributed by atoms with van der Waals surface area (Å²) in [4.78, 5) is 18.2. The molecule has 1 fully saturated rings. The highest BCUT2D eigenvalue weighted by molar-refractivity contribution is 5.75. The van der Waals surface area contributed by atoms with Crippen molar-refractivity contribution in [3.05, 3.63) is 48.7 Å². The molecule has 0 aliphatic heterocycles. The number of carbonyl (C=O) groups is 1. The Kier molecular flexibility index (Phi) is 4.91.